The molecule has 2 aromatic heterocycles. The summed E-state index contributed by atoms with van der Waals surface area (Å²) in [5.74, 6) is 0.917. The number of halogens is 4. The summed E-state index contributed by atoms with van der Waals surface area (Å²) in [5.41, 5.74) is 1.76. The molecule has 0 saturated heterocycles. The number of rotatable bonds is 5. The van der Waals surface area contributed by atoms with E-state index >= 15 is 0 Å². The highest BCUT2D eigenvalue weighted by Crippen LogP contribution is 2.34. The van der Waals surface area contributed by atoms with Gasteiger partial charge in [0.1, 0.15) is 16.4 Å². The first-order chi connectivity index (χ1) is 14.9. The zero-order chi connectivity index (χ0) is 21.8. The van der Waals surface area contributed by atoms with Crippen LogP contribution in [0.15, 0.2) is 78.0 Å². The summed E-state index contributed by atoms with van der Waals surface area (Å²) in [6.45, 7) is 0. The zero-order valence-electron chi connectivity index (χ0n) is 15.8. The van der Waals surface area contributed by atoms with E-state index in [1.807, 2.05) is 18.2 Å². The molecule has 0 radical (unpaired) electrons. The van der Waals surface area contributed by atoms with Crippen molar-refractivity contribution in [3.63, 3.8) is 0 Å². The molecule has 2 aromatic carbocycles. The maximum atomic E-state index is 12.9. The van der Waals surface area contributed by atoms with Gasteiger partial charge in [-0.2, -0.15) is 13.2 Å². The van der Waals surface area contributed by atoms with Gasteiger partial charge >= 0.3 is 6.18 Å². The van der Waals surface area contributed by atoms with Crippen LogP contribution in [0.2, 0.25) is 5.02 Å². The maximum Gasteiger partial charge on any atom is 0.416 e. The average Bonchev–Trinajstić information content (AvgIpc) is 2.79. The molecular weight excluding hydrogens is 445 g/mol. The summed E-state index contributed by atoms with van der Waals surface area (Å²) >= 11 is 7.36. The molecule has 9 heteroatoms. The molecule has 0 bridgehead atoms. The van der Waals surface area contributed by atoms with E-state index in [4.69, 9.17) is 11.6 Å². The Morgan fingerprint density at radius 3 is 2.26 bits per heavy atom. The van der Waals surface area contributed by atoms with Crippen LogP contribution in [0.25, 0.3) is 22.8 Å². The fourth-order valence-electron chi connectivity index (χ4n) is 2.75. The molecule has 0 N–H and O–H groups in total. The second-order valence-corrected chi connectivity index (χ2v) is 7.89. The molecule has 0 unspecified atom stereocenters. The van der Waals surface area contributed by atoms with Crippen molar-refractivity contribution in [3.05, 3.63) is 89.1 Å². The third kappa shape index (κ3) is 5.21. The minimum atomic E-state index is -4.41. The fraction of sp³-hybridized carbons (Fsp3) is 0.0909. The summed E-state index contributed by atoms with van der Waals surface area (Å²) in [7, 11) is 0. The van der Waals surface area contributed by atoms with Crippen LogP contribution < -0.4 is 0 Å². The zero-order valence-corrected chi connectivity index (χ0v) is 17.4. The number of benzene rings is 2. The minimum absolute atomic E-state index is 0.342. The highest BCUT2D eigenvalue weighted by molar-refractivity contribution is 7.98. The molecule has 31 heavy (non-hydrogen) atoms. The molecule has 4 aromatic rings. The van der Waals surface area contributed by atoms with E-state index in [1.165, 1.54) is 23.9 Å². The molecule has 0 amide bonds. The van der Waals surface area contributed by atoms with Crippen LogP contribution in [0.4, 0.5) is 13.2 Å². The van der Waals surface area contributed by atoms with Crippen LogP contribution in [0.5, 0.6) is 0 Å². The lowest BCUT2D eigenvalue weighted by Crippen LogP contribution is -2.05. The fourth-order valence-corrected chi connectivity index (χ4v) is 3.81. The van der Waals surface area contributed by atoms with Crippen molar-refractivity contribution in [2.24, 2.45) is 0 Å². The predicted molar refractivity (Wildman–Crippen MR) is 115 cm³/mol. The number of nitrogens with zero attached hydrogens (tertiary/aromatic N) is 4. The third-order valence-electron chi connectivity index (χ3n) is 4.32. The van der Waals surface area contributed by atoms with E-state index in [1.54, 1.807) is 30.5 Å². The molecular formula is C22H14ClF3N4S. The summed E-state index contributed by atoms with van der Waals surface area (Å²) < 4.78 is 38.8. The SMILES string of the molecule is FC(F)(F)c1ccc(-c2nnc(-c3ccccn3)nc2SCc2ccc(Cl)cc2)cc1. The van der Waals surface area contributed by atoms with Gasteiger partial charge in [-0.05, 0) is 42.0 Å². The van der Waals surface area contributed by atoms with Gasteiger partial charge in [-0.15, -0.1) is 10.2 Å². The number of aromatic nitrogens is 4. The van der Waals surface area contributed by atoms with Gasteiger partial charge in [0.15, 0.2) is 0 Å². The quantitative estimate of drug-likeness (QED) is 0.317. The van der Waals surface area contributed by atoms with Gasteiger partial charge in [0.2, 0.25) is 5.82 Å². The van der Waals surface area contributed by atoms with Crippen LogP contribution in [-0.2, 0) is 11.9 Å². The maximum absolute atomic E-state index is 12.9. The normalized spacial score (nSPS) is 11.5. The lowest BCUT2D eigenvalue weighted by atomic mass is 10.1. The minimum Gasteiger partial charge on any atom is -0.253 e. The molecule has 156 valence electrons. The average molecular weight is 459 g/mol. The number of hydrogen-bond acceptors (Lipinski definition) is 5. The van der Waals surface area contributed by atoms with Gasteiger partial charge in [0.05, 0.1) is 5.56 Å². The Balaban J connectivity index is 1.70. The Labute approximate surface area is 185 Å². The van der Waals surface area contributed by atoms with E-state index in [-0.39, 0.29) is 0 Å². The van der Waals surface area contributed by atoms with E-state index < -0.39 is 11.7 Å². The molecule has 4 nitrogen and oxygen atoms in total. The Bertz CT molecular complexity index is 1170. The van der Waals surface area contributed by atoms with Gasteiger partial charge < -0.3 is 0 Å². The molecule has 0 fully saturated rings. The van der Waals surface area contributed by atoms with Crippen molar-refractivity contribution < 1.29 is 13.2 Å². The van der Waals surface area contributed by atoms with Crippen LogP contribution in [-0.4, -0.2) is 20.2 Å². The van der Waals surface area contributed by atoms with Crippen molar-refractivity contribution in [2.75, 3.05) is 0 Å². The first-order valence-corrected chi connectivity index (χ1v) is 10.5. The van der Waals surface area contributed by atoms with E-state index in [9.17, 15) is 13.2 Å². The Hall–Kier alpha value is -2.97. The van der Waals surface area contributed by atoms with E-state index in [0.29, 0.717) is 38.6 Å². The summed E-state index contributed by atoms with van der Waals surface area (Å²) in [4.78, 5) is 8.85. The first-order valence-electron chi connectivity index (χ1n) is 9.11. The summed E-state index contributed by atoms with van der Waals surface area (Å²) in [6.07, 6.45) is -2.78. The van der Waals surface area contributed by atoms with Gasteiger partial charge in [-0.25, -0.2) is 4.98 Å². The van der Waals surface area contributed by atoms with Crippen molar-refractivity contribution in [3.8, 4) is 22.8 Å². The standard InChI is InChI=1S/C22H14ClF3N4S/c23-17-10-4-14(5-11-17)13-31-21-19(15-6-8-16(9-7-15)22(24,25)26)29-30-20(28-21)18-3-1-2-12-27-18/h1-12H,13H2. The lowest BCUT2D eigenvalue weighted by molar-refractivity contribution is -0.137. The molecule has 0 spiro atoms. The molecule has 0 atom stereocenters. The van der Waals surface area contributed by atoms with Crippen LogP contribution >= 0.6 is 23.4 Å². The topological polar surface area (TPSA) is 51.6 Å². The van der Waals surface area contributed by atoms with Crippen LogP contribution in [0, 0.1) is 0 Å². The Kier molecular flexibility index (Phi) is 6.20. The second kappa shape index (κ2) is 9.03. The van der Waals surface area contributed by atoms with Gasteiger partial charge in [-0.3, -0.25) is 4.98 Å². The third-order valence-corrected chi connectivity index (χ3v) is 5.61. The number of pyridine rings is 1. The monoisotopic (exact) mass is 458 g/mol. The van der Waals surface area contributed by atoms with Gasteiger partial charge in [-0.1, -0.05) is 53.7 Å². The lowest BCUT2D eigenvalue weighted by Gasteiger charge is -2.11. The molecule has 0 aliphatic carbocycles. The predicted octanol–water partition coefficient (Wildman–Crippen LogP) is 6.57. The Morgan fingerprint density at radius 2 is 1.61 bits per heavy atom. The van der Waals surface area contributed by atoms with Crippen molar-refractivity contribution in [2.45, 2.75) is 17.0 Å². The first kappa shape index (κ1) is 21.3. The molecule has 0 aliphatic rings. The van der Waals surface area contributed by atoms with E-state index in [2.05, 4.69) is 20.2 Å². The van der Waals surface area contributed by atoms with Crippen LogP contribution in [0.1, 0.15) is 11.1 Å². The molecule has 2 heterocycles. The summed E-state index contributed by atoms with van der Waals surface area (Å²) in [6, 6.07) is 17.6. The number of thioether (sulfide) groups is 1. The second-order valence-electron chi connectivity index (χ2n) is 6.49. The van der Waals surface area contributed by atoms with Crippen molar-refractivity contribution >= 4 is 23.4 Å². The summed E-state index contributed by atoms with van der Waals surface area (Å²) in [5, 5.41) is 9.60. The van der Waals surface area contributed by atoms with Crippen molar-refractivity contribution in [1.29, 1.82) is 0 Å². The highest BCUT2D eigenvalue weighted by atomic mass is 35.5. The smallest absolute Gasteiger partial charge is 0.253 e. The number of alkyl halides is 3. The van der Waals surface area contributed by atoms with Crippen molar-refractivity contribution in [1.82, 2.24) is 20.2 Å². The molecule has 0 aliphatic heterocycles. The molecule has 4 rings (SSSR count). The van der Waals surface area contributed by atoms with Crippen LogP contribution in [0.3, 0.4) is 0 Å². The molecule has 0 saturated carbocycles. The van der Waals surface area contributed by atoms with E-state index in [0.717, 1.165) is 17.7 Å². The largest absolute Gasteiger partial charge is 0.416 e. The Morgan fingerprint density at radius 1 is 0.871 bits per heavy atom. The number of hydrogen-bond donors (Lipinski definition) is 0. The highest BCUT2D eigenvalue weighted by Gasteiger charge is 2.30. The van der Waals surface area contributed by atoms with Gasteiger partial charge in [0.25, 0.3) is 0 Å². The van der Waals surface area contributed by atoms with Gasteiger partial charge in [0, 0.05) is 22.5 Å².